The molecule has 0 aliphatic heterocycles. The molecule has 8 heteroatoms. The zero-order valence-electron chi connectivity index (χ0n) is 17.2. The van der Waals surface area contributed by atoms with Gasteiger partial charge in [0.25, 0.3) is 0 Å². The normalized spacial score (nSPS) is 17.1. The Morgan fingerprint density at radius 2 is 1.90 bits per heavy atom. The summed E-state index contributed by atoms with van der Waals surface area (Å²) in [4.78, 5) is 14.5. The van der Waals surface area contributed by atoms with Gasteiger partial charge in [-0.25, -0.2) is 4.79 Å². The number of aromatic nitrogens is 2. The maximum absolute atomic E-state index is 12.7. The number of nitrogens with one attached hydrogen (secondary N) is 1. The third-order valence-electron chi connectivity index (χ3n) is 5.62. The van der Waals surface area contributed by atoms with Crippen molar-refractivity contribution in [3.63, 3.8) is 0 Å². The maximum Gasteiger partial charge on any atom is 0.318 e. The fraction of sp³-hybridized carbons (Fsp3) is 0.591. The van der Waals surface area contributed by atoms with Gasteiger partial charge in [-0.2, -0.15) is 0 Å². The zero-order chi connectivity index (χ0) is 20.8. The number of nitrogens with zero attached hydrogens (tertiary/aromatic N) is 3. The first-order valence-corrected chi connectivity index (χ1v) is 11.3. The fourth-order valence-corrected chi connectivity index (χ4v) is 3.90. The number of benzene rings is 1. The standard InChI is InChI=1S/C22H29ClN4O3/c23-17-9-7-16(8-10-17)21-26-25-20(30-21)15-27(18-11-12-18)22(28)24-13-4-14-29-19-5-2-1-3-6-19/h7-10,18-19H,1-6,11-15H2,(H,24,28). The third kappa shape index (κ3) is 5.95. The summed E-state index contributed by atoms with van der Waals surface area (Å²) in [5, 5.41) is 11.9. The largest absolute Gasteiger partial charge is 0.419 e. The van der Waals surface area contributed by atoms with Crippen LogP contribution in [0.15, 0.2) is 28.7 Å². The molecule has 4 rings (SSSR count). The molecular weight excluding hydrogens is 404 g/mol. The average molecular weight is 433 g/mol. The Bertz CT molecular complexity index is 816. The molecule has 30 heavy (non-hydrogen) atoms. The van der Waals surface area contributed by atoms with Gasteiger partial charge >= 0.3 is 6.03 Å². The molecule has 1 N–H and O–H groups in total. The van der Waals surface area contributed by atoms with E-state index in [4.69, 9.17) is 20.8 Å². The van der Waals surface area contributed by atoms with Crippen LogP contribution in [0, 0.1) is 0 Å². The predicted molar refractivity (Wildman–Crippen MR) is 114 cm³/mol. The Morgan fingerprint density at radius 3 is 2.63 bits per heavy atom. The van der Waals surface area contributed by atoms with E-state index in [0.717, 1.165) is 24.8 Å². The molecule has 1 aromatic carbocycles. The number of hydrogen-bond donors (Lipinski definition) is 1. The summed E-state index contributed by atoms with van der Waals surface area (Å²) >= 11 is 5.93. The highest BCUT2D eigenvalue weighted by Gasteiger charge is 2.33. The quantitative estimate of drug-likeness (QED) is 0.575. The van der Waals surface area contributed by atoms with Gasteiger partial charge in [0.1, 0.15) is 6.54 Å². The number of rotatable bonds is 9. The number of carbonyl (C=O) groups is 1. The highest BCUT2D eigenvalue weighted by Crippen LogP contribution is 2.29. The molecule has 0 saturated heterocycles. The Hall–Kier alpha value is -2.12. The lowest BCUT2D eigenvalue weighted by molar-refractivity contribution is 0.0274. The van der Waals surface area contributed by atoms with Crippen LogP contribution >= 0.6 is 11.6 Å². The first-order valence-electron chi connectivity index (χ1n) is 10.9. The highest BCUT2D eigenvalue weighted by atomic mass is 35.5. The van der Waals surface area contributed by atoms with Crippen molar-refractivity contribution in [3.05, 3.63) is 35.2 Å². The first-order chi connectivity index (χ1) is 14.7. The van der Waals surface area contributed by atoms with Crippen molar-refractivity contribution in [2.75, 3.05) is 13.2 Å². The minimum atomic E-state index is -0.0820. The van der Waals surface area contributed by atoms with Crippen LogP contribution in [0.2, 0.25) is 5.02 Å². The van der Waals surface area contributed by atoms with E-state index in [1.54, 1.807) is 17.0 Å². The summed E-state index contributed by atoms with van der Waals surface area (Å²) in [6.45, 7) is 1.62. The number of halogens is 1. The van der Waals surface area contributed by atoms with E-state index in [0.29, 0.717) is 42.6 Å². The van der Waals surface area contributed by atoms with Gasteiger partial charge in [-0.15, -0.1) is 10.2 Å². The number of carbonyl (C=O) groups excluding carboxylic acids is 1. The molecule has 2 amide bonds. The summed E-state index contributed by atoms with van der Waals surface area (Å²) < 4.78 is 11.7. The minimum absolute atomic E-state index is 0.0820. The molecule has 1 heterocycles. The molecule has 2 aliphatic carbocycles. The summed E-state index contributed by atoms with van der Waals surface area (Å²) in [5.41, 5.74) is 0.804. The van der Waals surface area contributed by atoms with Gasteiger partial charge < -0.3 is 19.4 Å². The molecule has 0 spiro atoms. The molecule has 162 valence electrons. The number of ether oxygens (including phenoxy) is 1. The van der Waals surface area contributed by atoms with Crippen LogP contribution in [0.4, 0.5) is 4.79 Å². The number of amides is 2. The van der Waals surface area contributed by atoms with Crippen molar-refractivity contribution >= 4 is 17.6 Å². The predicted octanol–water partition coefficient (Wildman–Crippen LogP) is 4.80. The lowest BCUT2D eigenvalue weighted by Crippen LogP contribution is -2.41. The van der Waals surface area contributed by atoms with Crippen molar-refractivity contribution in [1.82, 2.24) is 20.4 Å². The molecular formula is C22H29ClN4O3. The van der Waals surface area contributed by atoms with E-state index in [9.17, 15) is 4.79 Å². The lowest BCUT2D eigenvalue weighted by Gasteiger charge is -2.23. The van der Waals surface area contributed by atoms with Crippen LogP contribution < -0.4 is 5.32 Å². The summed E-state index contributed by atoms with van der Waals surface area (Å²) in [6.07, 6.45) is 9.46. The second-order valence-electron chi connectivity index (χ2n) is 8.08. The van der Waals surface area contributed by atoms with Gasteiger partial charge in [0.2, 0.25) is 11.8 Å². The molecule has 0 bridgehead atoms. The van der Waals surface area contributed by atoms with E-state index in [1.165, 1.54) is 32.1 Å². The number of hydrogen-bond acceptors (Lipinski definition) is 5. The van der Waals surface area contributed by atoms with Gasteiger partial charge in [-0.05, 0) is 56.4 Å². The Balaban J connectivity index is 1.23. The molecule has 2 aromatic rings. The van der Waals surface area contributed by atoms with E-state index in [2.05, 4.69) is 15.5 Å². The zero-order valence-corrected chi connectivity index (χ0v) is 17.9. The molecule has 1 aromatic heterocycles. The van der Waals surface area contributed by atoms with Crippen LogP contribution in [-0.4, -0.2) is 46.4 Å². The van der Waals surface area contributed by atoms with Crippen molar-refractivity contribution < 1.29 is 13.9 Å². The van der Waals surface area contributed by atoms with Crippen molar-refractivity contribution in [2.24, 2.45) is 0 Å². The summed E-state index contributed by atoms with van der Waals surface area (Å²) in [5.74, 6) is 0.861. The molecule has 0 unspecified atom stereocenters. The van der Waals surface area contributed by atoms with Crippen LogP contribution in [0.1, 0.15) is 57.3 Å². The Kier molecular flexibility index (Phi) is 7.23. The SMILES string of the molecule is O=C(NCCCOC1CCCCC1)N(Cc1nnc(-c2ccc(Cl)cc2)o1)C1CC1. The van der Waals surface area contributed by atoms with E-state index in [1.807, 2.05) is 12.1 Å². The molecule has 2 aliphatic rings. The van der Waals surface area contributed by atoms with E-state index < -0.39 is 0 Å². The fourth-order valence-electron chi connectivity index (χ4n) is 3.78. The molecule has 2 saturated carbocycles. The van der Waals surface area contributed by atoms with Crippen molar-refractivity contribution in [1.29, 1.82) is 0 Å². The van der Waals surface area contributed by atoms with Gasteiger partial charge in [0.15, 0.2) is 0 Å². The lowest BCUT2D eigenvalue weighted by atomic mass is 9.98. The molecule has 2 fully saturated rings. The second kappa shape index (κ2) is 10.3. The van der Waals surface area contributed by atoms with Crippen molar-refractivity contribution in [3.8, 4) is 11.5 Å². The molecule has 0 radical (unpaired) electrons. The smallest absolute Gasteiger partial charge is 0.318 e. The van der Waals surface area contributed by atoms with Crippen LogP contribution in [0.3, 0.4) is 0 Å². The second-order valence-corrected chi connectivity index (χ2v) is 8.52. The average Bonchev–Trinajstić information content (AvgIpc) is 3.50. The first kappa shape index (κ1) is 21.1. The van der Waals surface area contributed by atoms with Crippen LogP contribution in [0.25, 0.3) is 11.5 Å². The van der Waals surface area contributed by atoms with Gasteiger partial charge in [0.05, 0.1) is 6.10 Å². The minimum Gasteiger partial charge on any atom is -0.419 e. The van der Waals surface area contributed by atoms with Crippen LogP contribution in [-0.2, 0) is 11.3 Å². The summed E-state index contributed by atoms with van der Waals surface area (Å²) in [7, 11) is 0. The van der Waals surface area contributed by atoms with Gasteiger partial charge in [0, 0.05) is 29.8 Å². The topological polar surface area (TPSA) is 80.5 Å². The van der Waals surface area contributed by atoms with Gasteiger partial charge in [-0.1, -0.05) is 30.9 Å². The van der Waals surface area contributed by atoms with Gasteiger partial charge in [-0.3, -0.25) is 0 Å². The van der Waals surface area contributed by atoms with Crippen LogP contribution in [0.5, 0.6) is 0 Å². The van der Waals surface area contributed by atoms with E-state index >= 15 is 0 Å². The molecule has 7 nitrogen and oxygen atoms in total. The monoisotopic (exact) mass is 432 g/mol. The number of urea groups is 1. The van der Waals surface area contributed by atoms with Crippen molar-refractivity contribution in [2.45, 2.75) is 70.1 Å². The molecule has 0 atom stereocenters. The highest BCUT2D eigenvalue weighted by molar-refractivity contribution is 6.30. The maximum atomic E-state index is 12.7. The van der Waals surface area contributed by atoms with E-state index in [-0.39, 0.29) is 12.1 Å². The Labute approximate surface area is 182 Å². The summed E-state index contributed by atoms with van der Waals surface area (Å²) in [6, 6.07) is 7.39. The Morgan fingerprint density at radius 1 is 1.13 bits per heavy atom. The third-order valence-corrected chi connectivity index (χ3v) is 5.87.